The summed E-state index contributed by atoms with van der Waals surface area (Å²) in [5.74, 6) is -0.0654. The molecule has 0 aromatic heterocycles. The lowest BCUT2D eigenvalue weighted by atomic mass is 10.1. The molecule has 0 saturated heterocycles. The van der Waals surface area contributed by atoms with Crippen molar-refractivity contribution < 1.29 is 9.72 Å². The van der Waals surface area contributed by atoms with Gasteiger partial charge in [-0.3, -0.25) is 14.9 Å². The minimum Gasteiger partial charge on any atom is -0.273 e. The highest BCUT2D eigenvalue weighted by Gasteiger charge is 2.07. The number of amides is 1. The van der Waals surface area contributed by atoms with Crippen LogP contribution < -0.4 is 5.43 Å². The first kappa shape index (κ1) is 15.4. The number of nitrogens with one attached hydrogen (secondary N) is 1. The molecule has 19 heavy (non-hydrogen) atoms. The Morgan fingerprint density at radius 1 is 1.26 bits per heavy atom. The Morgan fingerprint density at radius 2 is 1.84 bits per heavy atom. The van der Waals surface area contributed by atoms with Gasteiger partial charge in [0.2, 0.25) is 5.91 Å². The van der Waals surface area contributed by atoms with Crippen LogP contribution in [0.4, 0.5) is 5.69 Å². The van der Waals surface area contributed by atoms with Gasteiger partial charge in [-0.2, -0.15) is 5.10 Å². The van der Waals surface area contributed by atoms with Gasteiger partial charge in [-0.25, -0.2) is 5.43 Å². The Hall–Kier alpha value is -1.66. The van der Waals surface area contributed by atoms with Crippen molar-refractivity contribution in [2.45, 2.75) is 6.42 Å². The van der Waals surface area contributed by atoms with Crippen LogP contribution in [0.25, 0.3) is 0 Å². The number of rotatable bonds is 6. The Kier molecular flexibility index (Phi) is 6.24. The van der Waals surface area contributed by atoms with Gasteiger partial charge in [-0.05, 0) is 5.56 Å². The molecule has 1 amide bonds. The second-order valence-corrected chi connectivity index (χ2v) is 4.12. The van der Waals surface area contributed by atoms with Crippen LogP contribution in [0.15, 0.2) is 29.4 Å². The molecule has 0 aliphatic heterocycles. The molecule has 0 atom stereocenters. The fraction of sp³-hybridized carbons (Fsp3) is 0.273. The molecule has 0 bridgehead atoms. The highest BCUT2D eigenvalue weighted by Crippen LogP contribution is 2.12. The number of non-ortho nitro benzene ring substituents is 1. The van der Waals surface area contributed by atoms with Crippen LogP contribution in [0.3, 0.4) is 0 Å². The molecule has 102 valence electrons. The van der Waals surface area contributed by atoms with Crippen LogP contribution in [0, 0.1) is 10.1 Å². The normalized spacial score (nSPS) is 9.79. The molecule has 0 unspecified atom stereocenters. The van der Waals surface area contributed by atoms with Crippen LogP contribution in [0.2, 0.25) is 0 Å². The fourth-order valence-electron chi connectivity index (χ4n) is 1.20. The minimum atomic E-state index is -0.499. The summed E-state index contributed by atoms with van der Waals surface area (Å²) in [6, 6.07) is 5.72. The first-order valence-corrected chi connectivity index (χ1v) is 6.33. The van der Waals surface area contributed by atoms with Gasteiger partial charge < -0.3 is 0 Å². The maximum atomic E-state index is 11.5. The van der Waals surface area contributed by atoms with Crippen molar-refractivity contribution in [2.24, 2.45) is 5.10 Å². The standard InChI is InChI=1S/C11H11Cl2N3O3/c12-6-9(7-13)14-15-11(17)5-8-1-3-10(4-2-8)16(18)19/h1-4H,5-7H2,(H,15,17). The van der Waals surface area contributed by atoms with E-state index in [0.717, 1.165) is 0 Å². The SMILES string of the molecule is O=C(Cc1ccc([N+](=O)[O-])cc1)NN=C(CCl)CCl. The molecule has 1 rings (SSSR count). The van der Waals surface area contributed by atoms with Crippen LogP contribution in [-0.2, 0) is 11.2 Å². The predicted octanol–water partition coefficient (Wildman–Crippen LogP) is 2.09. The Bertz CT molecular complexity index is 482. The van der Waals surface area contributed by atoms with Crippen molar-refractivity contribution in [3.63, 3.8) is 0 Å². The number of hydrogen-bond acceptors (Lipinski definition) is 4. The topological polar surface area (TPSA) is 84.6 Å². The Balaban J connectivity index is 2.57. The summed E-state index contributed by atoms with van der Waals surface area (Å²) < 4.78 is 0. The molecule has 1 aromatic rings. The lowest BCUT2D eigenvalue weighted by Crippen LogP contribution is -2.22. The van der Waals surface area contributed by atoms with Gasteiger partial charge in [0.25, 0.3) is 5.69 Å². The van der Waals surface area contributed by atoms with E-state index in [4.69, 9.17) is 23.2 Å². The second kappa shape index (κ2) is 7.70. The van der Waals surface area contributed by atoms with Crippen LogP contribution in [-0.4, -0.2) is 28.3 Å². The molecule has 8 heteroatoms. The molecule has 6 nitrogen and oxygen atoms in total. The molecule has 1 N–H and O–H groups in total. The molecule has 0 fully saturated rings. The molecule has 1 aromatic carbocycles. The fourth-order valence-corrected chi connectivity index (χ4v) is 1.60. The summed E-state index contributed by atoms with van der Waals surface area (Å²) in [4.78, 5) is 21.5. The van der Waals surface area contributed by atoms with E-state index < -0.39 is 4.92 Å². The number of carbonyl (C=O) groups excluding carboxylic acids is 1. The Labute approximate surface area is 119 Å². The van der Waals surface area contributed by atoms with Crippen molar-refractivity contribution in [1.82, 2.24) is 5.43 Å². The molecule has 0 aliphatic rings. The van der Waals surface area contributed by atoms with E-state index in [1.165, 1.54) is 24.3 Å². The van der Waals surface area contributed by atoms with Gasteiger partial charge in [-0.1, -0.05) is 12.1 Å². The van der Waals surface area contributed by atoms with E-state index in [1.807, 2.05) is 0 Å². The van der Waals surface area contributed by atoms with Gasteiger partial charge in [0.15, 0.2) is 0 Å². The number of hydrogen-bond donors (Lipinski definition) is 1. The summed E-state index contributed by atoms with van der Waals surface area (Å²) >= 11 is 11.1. The summed E-state index contributed by atoms with van der Waals surface area (Å²) in [6.07, 6.45) is 0.0688. The lowest BCUT2D eigenvalue weighted by molar-refractivity contribution is -0.384. The van der Waals surface area contributed by atoms with E-state index in [9.17, 15) is 14.9 Å². The zero-order valence-corrected chi connectivity index (χ0v) is 11.3. The molecular weight excluding hydrogens is 293 g/mol. The largest absolute Gasteiger partial charge is 0.273 e. The van der Waals surface area contributed by atoms with Gasteiger partial charge in [0.1, 0.15) is 0 Å². The lowest BCUT2D eigenvalue weighted by Gasteiger charge is -2.02. The summed E-state index contributed by atoms with van der Waals surface area (Å²) in [6.45, 7) is 0. The third-order valence-electron chi connectivity index (χ3n) is 2.16. The maximum absolute atomic E-state index is 11.5. The highest BCUT2D eigenvalue weighted by molar-refractivity contribution is 6.37. The van der Waals surface area contributed by atoms with Crippen molar-refractivity contribution in [3.8, 4) is 0 Å². The van der Waals surface area contributed by atoms with Crippen molar-refractivity contribution in [3.05, 3.63) is 39.9 Å². The number of alkyl halides is 2. The molecular formula is C11H11Cl2N3O3. The minimum absolute atomic E-state index is 0.0197. The number of nitro benzene ring substituents is 1. The summed E-state index contributed by atoms with van der Waals surface area (Å²) in [7, 11) is 0. The maximum Gasteiger partial charge on any atom is 0.269 e. The summed E-state index contributed by atoms with van der Waals surface area (Å²) in [5.41, 5.74) is 3.41. The van der Waals surface area contributed by atoms with Crippen molar-refractivity contribution in [2.75, 3.05) is 11.8 Å². The highest BCUT2D eigenvalue weighted by atomic mass is 35.5. The molecule has 0 saturated carbocycles. The van der Waals surface area contributed by atoms with Crippen LogP contribution >= 0.6 is 23.2 Å². The number of hydrazone groups is 1. The van der Waals surface area contributed by atoms with Crippen LogP contribution in [0.5, 0.6) is 0 Å². The number of carbonyl (C=O) groups is 1. The Morgan fingerprint density at radius 3 is 2.32 bits per heavy atom. The van der Waals surface area contributed by atoms with E-state index in [0.29, 0.717) is 11.3 Å². The van der Waals surface area contributed by atoms with E-state index in [-0.39, 0.29) is 29.8 Å². The van der Waals surface area contributed by atoms with Crippen molar-refractivity contribution >= 4 is 40.5 Å². The van der Waals surface area contributed by atoms with E-state index in [2.05, 4.69) is 10.5 Å². The third-order valence-corrected chi connectivity index (χ3v) is 2.78. The van der Waals surface area contributed by atoms with E-state index >= 15 is 0 Å². The number of nitrogens with zero attached hydrogens (tertiary/aromatic N) is 2. The van der Waals surface area contributed by atoms with E-state index in [1.54, 1.807) is 0 Å². The average Bonchev–Trinajstić information content (AvgIpc) is 2.40. The smallest absolute Gasteiger partial charge is 0.269 e. The molecule has 0 heterocycles. The zero-order chi connectivity index (χ0) is 14.3. The van der Waals surface area contributed by atoms with Gasteiger partial charge >= 0.3 is 0 Å². The first-order valence-electron chi connectivity index (χ1n) is 5.26. The average molecular weight is 304 g/mol. The molecule has 0 aliphatic carbocycles. The summed E-state index contributed by atoms with van der Waals surface area (Å²) in [5, 5.41) is 14.2. The predicted molar refractivity (Wildman–Crippen MR) is 73.8 cm³/mol. The third kappa shape index (κ3) is 5.23. The second-order valence-electron chi connectivity index (χ2n) is 3.58. The van der Waals surface area contributed by atoms with Gasteiger partial charge in [0, 0.05) is 12.1 Å². The van der Waals surface area contributed by atoms with Crippen LogP contribution in [0.1, 0.15) is 5.56 Å². The number of nitro groups is 1. The quantitative estimate of drug-likeness (QED) is 0.378. The molecule has 0 spiro atoms. The van der Waals surface area contributed by atoms with Gasteiger partial charge in [-0.15, -0.1) is 23.2 Å². The monoisotopic (exact) mass is 303 g/mol. The number of halogens is 2. The van der Waals surface area contributed by atoms with Gasteiger partial charge in [0.05, 0.1) is 28.8 Å². The molecule has 0 radical (unpaired) electrons. The zero-order valence-electron chi connectivity index (χ0n) is 9.81. The number of benzene rings is 1. The van der Waals surface area contributed by atoms with Crippen molar-refractivity contribution in [1.29, 1.82) is 0 Å². The first-order chi connectivity index (χ1) is 9.06.